The van der Waals surface area contributed by atoms with Crippen molar-refractivity contribution >= 4 is 11.3 Å². The molecule has 0 atom stereocenters. The van der Waals surface area contributed by atoms with Gasteiger partial charge < -0.3 is 0 Å². The van der Waals surface area contributed by atoms with Crippen molar-refractivity contribution < 1.29 is 13.2 Å². The summed E-state index contributed by atoms with van der Waals surface area (Å²) >= 11 is 0.491. The molecule has 0 bridgehead atoms. The van der Waals surface area contributed by atoms with Gasteiger partial charge in [0, 0.05) is 11.4 Å². The summed E-state index contributed by atoms with van der Waals surface area (Å²) in [7, 11) is 0. The number of alkyl halides is 3. The predicted octanol–water partition coefficient (Wildman–Crippen LogP) is 2.30. The Kier molecular flexibility index (Phi) is 2.84. The molecule has 14 heavy (non-hydrogen) atoms. The molecule has 0 unspecified atom stereocenters. The van der Waals surface area contributed by atoms with Gasteiger partial charge in [0.05, 0.1) is 0 Å². The molecular weight excluding hydrogens is 215 g/mol. The second kappa shape index (κ2) is 3.61. The third-order valence-electron chi connectivity index (χ3n) is 1.55. The van der Waals surface area contributed by atoms with Crippen molar-refractivity contribution in [3.63, 3.8) is 0 Å². The first-order valence-corrected chi connectivity index (χ1v) is 4.43. The van der Waals surface area contributed by atoms with Crippen LogP contribution >= 0.6 is 11.3 Å². The third-order valence-corrected chi connectivity index (χ3v) is 2.38. The second-order valence-corrected chi connectivity index (χ2v) is 3.58. The number of hydrogen-bond acceptors (Lipinski definition) is 2. The molecule has 1 radical (unpaired) electrons. The highest BCUT2D eigenvalue weighted by Crippen LogP contribution is 2.32. The first-order chi connectivity index (χ1) is 6.38. The molecule has 0 aromatic carbocycles. The Hall–Kier alpha value is -1.04. The molecule has 0 spiro atoms. The minimum Gasteiger partial charge on any atom is -0.291 e. The average molecular weight is 222 g/mol. The molecule has 77 valence electrons. The smallest absolute Gasteiger partial charge is 0.291 e. The fourth-order valence-corrected chi connectivity index (χ4v) is 1.87. The van der Waals surface area contributed by atoms with Gasteiger partial charge in [0.1, 0.15) is 5.69 Å². The van der Waals surface area contributed by atoms with Crippen molar-refractivity contribution in [1.82, 2.24) is 4.57 Å². The number of allylic oxidation sites excluding steroid dienone is 1. The van der Waals surface area contributed by atoms with Crippen molar-refractivity contribution in [2.24, 2.45) is 0 Å². The van der Waals surface area contributed by atoms with E-state index < -0.39 is 16.7 Å². The van der Waals surface area contributed by atoms with Crippen LogP contribution in [0.2, 0.25) is 0 Å². The zero-order chi connectivity index (χ0) is 10.9. The van der Waals surface area contributed by atoms with Crippen LogP contribution in [0.4, 0.5) is 13.2 Å². The van der Waals surface area contributed by atoms with Crippen molar-refractivity contribution in [1.29, 1.82) is 0 Å². The standard InChI is InChI=1S/C8H7F3NOS/c1-3-4-12-6(8(9,10)11)5(2)14-7(12)13/h3H,1-2,4H2. The zero-order valence-corrected chi connectivity index (χ0v) is 7.91. The average Bonchev–Trinajstić information content (AvgIpc) is 2.26. The maximum Gasteiger partial charge on any atom is 0.432 e. The monoisotopic (exact) mass is 222 g/mol. The SMILES string of the molecule is [CH2]c1sc(=O)n(CC=C)c1C(F)(F)F. The van der Waals surface area contributed by atoms with E-state index in [2.05, 4.69) is 13.5 Å². The van der Waals surface area contributed by atoms with Gasteiger partial charge in [-0.1, -0.05) is 17.4 Å². The molecule has 0 saturated carbocycles. The molecule has 0 fully saturated rings. The largest absolute Gasteiger partial charge is 0.432 e. The van der Waals surface area contributed by atoms with E-state index in [-0.39, 0.29) is 11.4 Å². The number of hydrogen-bond donors (Lipinski definition) is 0. The van der Waals surface area contributed by atoms with E-state index in [0.29, 0.717) is 15.9 Å². The van der Waals surface area contributed by atoms with Gasteiger partial charge in [0.25, 0.3) is 0 Å². The topological polar surface area (TPSA) is 22.0 Å². The van der Waals surface area contributed by atoms with Crippen molar-refractivity contribution in [2.45, 2.75) is 12.7 Å². The summed E-state index contributed by atoms with van der Waals surface area (Å²) in [6.07, 6.45) is -3.30. The summed E-state index contributed by atoms with van der Waals surface area (Å²) in [6, 6.07) is 0. The lowest BCUT2D eigenvalue weighted by molar-refractivity contribution is -0.143. The normalized spacial score (nSPS) is 11.7. The van der Waals surface area contributed by atoms with E-state index in [1.54, 1.807) is 0 Å². The van der Waals surface area contributed by atoms with E-state index in [9.17, 15) is 18.0 Å². The van der Waals surface area contributed by atoms with Gasteiger partial charge in [0.15, 0.2) is 0 Å². The minimum atomic E-state index is -4.54. The Balaban J connectivity index is 3.39. The maximum absolute atomic E-state index is 12.4. The predicted molar refractivity (Wildman–Crippen MR) is 48.2 cm³/mol. The van der Waals surface area contributed by atoms with E-state index >= 15 is 0 Å². The van der Waals surface area contributed by atoms with E-state index in [1.807, 2.05) is 0 Å². The highest BCUT2D eigenvalue weighted by molar-refractivity contribution is 7.09. The van der Waals surface area contributed by atoms with E-state index in [4.69, 9.17) is 0 Å². The molecule has 1 aromatic heterocycles. The Morgan fingerprint density at radius 3 is 2.50 bits per heavy atom. The van der Waals surface area contributed by atoms with Gasteiger partial charge in [-0.15, -0.1) is 6.58 Å². The number of halogens is 3. The summed E-state index contributed by atoms with van der Waals surface area (Å²) in [5.74, 6) is 0. The highest BCUT2D eigenvalue weighted by Gasteiger charge is 2.37. The molecular formula is C8H7F3NOS. The van der Waals surface area contributed by atoms with Crippen LogP contribution in [0, 0.1) is 6.92 Å². The summed E-state index contributed by atoms with van der Waals surface area (Å²) in [6.45, 7) is 6.33. The van der Waals surface area contributed by atoms with Gasteiger partial charge in [-0.3, -0.25) is 9.36 Å². The summed E-state index contributed by atoms with van der Waals surface area (Å²) in [5.41, 5.74) is -0.979. The third kappa shape index (κ3) is 1.89. The van der Waals surface area contributed by atoms with Crippen LogP contribution in [0.15, 0.2) is 17.4 Å². The maximum atomic E-state index is 12.4. The highest BCUT2D eigenvalue weighted by atomic mass is 32.1. The van der Waals surface area contributed by atoms with Crippen LogP contribution < -0.4 is 4.87 Å². The van der Waals surface area contributed by atoms with Crippen LogP contribution in [0.5, 0.6) is 0 Å². The molecule has 2 nitrogen and oxygen atoms in total. The minimum absolute atomic E-state index is 0.153. The Bertz CT molecular complexity index is 402. The van der Waals surface area contributed by atoms with Gasteiger partial charge in [-0.05, 0) is 6.92 Å². The second-order valence-electron chi connectivity index (χ2n) is 2.54. The van der Waals surface area contributed by atoms with Crippen molar-refractivity contribution in [3.05, 3.63) is 39.8 Å². The molecule has 6 heteroatoms. The van der Waals surface area contributed by atoms with Gasteiger partial charge in [-0.2, -0.15) is 13.2 Å². The zero-order valence-electron chi connectivity index (χ0n) is 7.10. The lowest BCUT2D eigenvalue weighted by Gasteiger charge is -2.09. The van der Waals surface area contributed by atoms with Gasteiger partial charge in [0.2, 0.25) is 0 Å². The van der Waals surface area contributed by atoms with E-state index in [1.165, 1.54) is 6.08 Å². The Morgan fingerprint density at radius 1 is 1.50 bits per heavy atom. The van der Waals surface area contributed by atoms with Crippen LogP contribution in [0.1, 0.15) is 10.6 Å². The fraction of sp³-hybridized carbons (Fsp3) is 0.250. The number of rotatable bonds is 2. The first kappa shape index (κ1) is 11.0. The molecule has 0 N–H and O–H groups in total. The van der Waals surface area contributed by atoms with Crippen LogP contribution in [-0.2, 0) is 12.7 Å². The summed E-state index contributed by atoms with van der Waals surface area (Å²) in [4.78, 5) is 10.2. The molecule has 0 saturated heterocycles. The molecule has 1 rings (SSSR count). The number of nitrogens with zero attached hydrogens (tertiary/aromatic N) is 1. The van der Waals surface area contributed by atoms with Crippen LogP contribution in [0.25, 0.3) is 0 Å². The Morgan fingerprint density at radius 2 is 2.07 bits per heavy atom. The molecule has 0 aliphatic carbocycles. The van der Waals surface area contributed by atoms with E-state index in [0.717, 1.165) is 0 Å². The number of thiazole rings is 1. The lowest BCUT2D eigenvalue weighted by atomic mass is 10.3. The van der Waals surface area contributed by atoms with Gasteiger partial charge >= 0.3 is 11.0 Å². The molecule has 1 heterocycles. The lowest BCUT2D eigenvalue weighted by Crippen LogP contribution is -2.21. The fourth-order valence-electron chi connectivity index (χ4n) is 1.06. The van der Waals surface area contributed by atoms with Crippen LogP contribution in [0.3, 0.4) is 0 Å². The summed E-state index contributed by atoms with van der Waals surface area (Å²) in [5, 5.41) is 0. The Labute approximate surface area is 82.3 Å². The number of aromatic nitrogens is 1. The molecule has 0 aliphatic heterocycles. The van der Waals surface area contributed by atoms with Crippen molar-refractivity contribution in [2.75, 3.05) is 0 Å². The van der Waals surface area contributed by atoms with Crippen LogP contribution in [-0.4, -0.2) is 4.57 Å². The quantitative estimate of drug-likeness (QED) is 0.704. The molecule has 0 aliphatic rings. The molecule has 0 amide bonds. The summed E-state index contributed by atoms with van der Waals surface area (Å²) < 4.78 is 37.9. The first-order valence-electron chi connectivity index (χ1n) is 3.61. The molecule has 1 aromatic rings. The van der Waals surface area contributed by atoms with Gasteiger partial charge in [-0.25, -0.2) is 0 Å². The van der Waals surface area contributed by atoms with Crippen molar-refractivity contribution in [3.8, 4) is 0 Å².